The minimum atomic E-state index is -1.07. The predicted octanol–water partition coefficient (Wildman–Crippen LogP) is 2.23. The van der Waals surface area contributed by atoms with Crippen LogP contribution < -0.4 is 5.56 Å². The zero-order valence-electron chi connectivity index (χ0n) is 11.8. The number of nitrogens with zero attached hydrogens (tertiary/aromatic N) is 2. The van der Waals surface area contributed by atoms with Crippen molar-refractivity contribution in [3.8, 4) is 17.1 Å². The Morgan fingerprint density at radius 1 is 1.23 bits per heavy atom. The van der Waals surface area contributed by atoms with Crippen molar-refractivity contribution in [3.05, 3.63) is 70.1 Å². The number of rotatable bonds is 3. The molecule has 0 radical (unpaired) electrons. The van der Waals surface area contributed by atoms with Gasteiger partial charge < -0.3 is 5.11 Å². The van der Waals surface area contributed by atoms with Crippen LogP contribution in [0.15, 0.2) is 53.5 Å². The molecule has 0 atom stereocenters. The standard InChI is InChI=1S/C16H13N3O3/c1-10-4-2-3-5-12(10)13-9-15(20)19(18-13)14-8-11(16(21)22)6-7-17-14/h2-9,18H,1H3,(H,21,22). The van der Waals surface area contributed by atoms with Crippen LogP contribution in [0, 0.1) is 6.92 Å². The highest BCUT2D eigenvalue weighted by Crippen LogP contribution is 2.20. The summed E-state index contributed by atoms with van der Waals surface area (Å²) in [6.45, 7) is 1.95. The minimum Gasteiger partial charge on any atom is -0.478 e. The van der Waals surface area contributed by atoms with E-state index < -0.39 is 5.97 Å². The molecule has 0 amide bonds. The van der Waals surface area contributed by atoms with E-state index in [1.54, 1.807) is 0 Å². The molecule has 22 heavy (non-hydrogen) atoms. The van der Waals surface area contributed by atoms with Crippen molar-refractivity contribution in [2.45, 2.75) is 6.92 Å². The lowest BCUT2D eigenvalue weighted by molar-refractivity contribution is 0.0696. The molecule has 0 aliphatic carbocycles. The second kappa shape index (κ2) is 5.33. The molecule has 2 N–H and O–H groups in total. The highest BCUT2D eigenvalue weighted by Gasteiger charge is 2.11. The number of aromatic nitrogens is 3. The monoisotopic (exact) mass is 295 g/mol. The van der Waals surface area contributed by atoms with Gasteiger partial charge in [0, 0.05) is 17.8 Å². The first-order valence-corrected chi connectivity index (χ1v) is 6.64. The van der Waals surface area contributed by atoms with Gasteiger partial charge in [-0.2, -0.15) is 0 Å². The minimum absolute atomic E-state index is 0.0731. The maximum Gasteiger partial charge on any atom is 0.335 e. The summed E-state index contributed by atoms with van der Waals surface area (Å²) in [7, 11) is 0. The molecule has 0 bridgehead atoms. The van der Waals surface area contributed by atoms with Gasteiger partial charge in [0.2, 0.25) is 0 Å². The zero-order valence-corrected chi connectivity index (χ0v) is 11.8. The van der Waals surface area contributed by atoms with Gasteiger partial charge in [-0.05, 0) is 24.6 Å². The predicted molar refractivity (Wildman–Crippen MR) is 81.3 cm³/mol. The molecule has 0 unspecified atom stereocenters. The molecule has 6 nitrogen and oxygen atoms in total. The number of aryl methyl sites for hydroxylation is 1. The molecule has 0 saturated carbocycles. The van der Waals surface area contributed by atoms with Crippen LogP contribution in [0.3, 0.4) is 0 Å². The number of hydrogen-bond acceptors (Lipinski definition) is 3. The summed E-state index contributed by atoms with van der Waals surface area (Å²) in [5, 5.41) is 12.0. The smallest absolute Gasteiger partial charge is 0.335 e. The highest BCUT2D eigenvalue weighted by atomic mass is 16.4. The molecule has 1 aromatic carbocycles. The van der Waals surface area contributed by atoms with Crippen molar-refractivity contribution in [3.63, 3.8) is 0 Å². The molecule has 2 aromatic heterocycles. The highest BCUT2D eigenvalue weighted by molar-refractivity contribution is 5.87. The van der Waals surface area contributed by atoms with Gasteiger partial charge in [0.25, 0.3) is 5.56 Å². The van der Waals surface area contributed by atoms with E-state index in [1.807, 2.05) is 31.2 Å². The number of aromatic carboxylic acids is 1. The second-order valence-corrected chi connectivity index (χ2v) is 4.87. The third-order valence-electron chi connectivity index (χ3n) is 3.38. The Morgan fingerprint density at radius 3 is 2.73 bits per heavy atom. The molecule has 0 spiro atoms. The Balaban J connectivity index is 2.11. The normalized spacial score (nSPS) is 10.6. The summed E-state index contributed by atoms with van der Waals surface area (Å²) >= 11 is 0. The van der Waals surface area contributed by atoms with Crippen LogP contribution in [0.25, 0.3) is 17.1 Å². The topological polar surface area (TPSA) is 88.0 Å². The summed E-state index contributed by atoms with van der Waals surface area (Å²) in [5.41, 5.74) is 2.37. The Hall–Kier alpha value is -3.15. The maximum absolute atomic E-state index is 12.2. The number of carboxylic acid groups (broad SMARTS) is 1. The van der Waals surface area contributed by atoms with Crippen molar-refractivity contribution in [2.24, 2.45) is 0 Å². The summed E-state index contributed by atoms with van der Waals surface area (Å²) in [6.07, 6.45) is 1.36. The summed E-state index contributed by atoms with van der Waals surface area (Å²) in [4.78, 5) is 27.2. The third-order valence-corrected chi connectivity index (χ3v) is 3.38. The lowest BCUT2D eigenvalue weighted by Crippen LogP contribution is -2.15. The van der Waals surface area contributed by atoms with Crippen LogP contribution in [0.4, 0.5) is 0 Å². The molecule has 0 aliphatic heterocycles. The van der Waals surface area contributed by atoms with Crippen molar-refractivity contribution in [2.75, 3.05) is 0 Å². The fourth-order valence-corrected chi connectivity index (χ4v) is 2.25. The Kier molecular flexibility index (Phi) is 3.34. The summed E-state index contributed by atoms with van der Waals surface area (Å²) in [6, 6.07) is 11.9. The largest absolute Gasteiger partial charge is 0.478 e. The first kappa shape index (κ1) is 13.8. The van der Waals surface area contributed by atoms with E-state index in [0.29, 0.717) is 5.69 Å². The van der Waals surface area contributed by atoms with E-state index in [9.17, 15) is 9.59 Å². The van der Waals surface area contributed by atoms with Crippen LogP contribution in [0.2, 0.25) is 0 Å². The van der Waals surface area contributed by atoms with Crippen molar-refractivity contribution < 1.29 is 9.90 Å². The van der Waals surface area contributed by atoms with Gasteiger partial charge in [-0.1, -0.05) is 24.3 Å². The molecule has 2 heterocycles. The lowest BCUT2D eigenvalue weighted by Gasteiger charge is -2.04. The van der Waals surface area contributed by atoms with Crippen LogP contribution in [-0.4, -0.2) is 25.8 Å². The SMILES string of the molecule is Cc1ccccc1-c1cc(=O)n(-c2cc(C(=O)O)ccn2)[nH]1. The van der Waals surface area contributed by atoms with E-state index in [0.717, 1.165) is 11.1 Å². The van der Waals surface area contributed by atoms with Gasteiger partial charge in [0.05, 0.1) is 11.3 Å². The van der Waals surface area contributed by atoms with Crippen molar-refractivity contribution >= 4 is 5.97 Å². The molecule has 110 valence electrons. The van der Waals surface area contributed by atoms with Crippen molar-refractivity contribution in [1.29, 1.82) is 0 Å². The Labute approximate surface area is 125 Å². The van der Waals surface area contributed by atoms with Gasteiger partial charge in [0.1, 0.15) is 0 Å². The number of pyridine rings is 1. The number of carbonyl (C=O) groups is 1. The third kappa shape index (κ3) is 2.42. The first-order chi connectivity index (χ1) is 10.6. The van der Waals surface area contributed by atoms with Gasteiger partial charge in [-0.3, -0.25) is 9.89 Å². The van der Waals surface area contributed by atoms with E-state index in [1.165, 1.54) is 29.1 Å². The van der Waals surface area contributed by atoms with E-state index >= 15 is 0 Å². The number of nitrogens with one attached hydrogen (secondary N) is 1. The average Bonchev–Trinajstić information content (AvgIpc) is 2.89. The molecule has 3 aromatic rings. The number of hydrogen-bond donors (Lipinski definition) is 2. The van der Waals surface area contributed by atoms with E-state index in [4.69, 9.17) is 5.11 Å². The summed E-state index contributed by atoms with van der Waals surface area (Å²) in [5.74, 6) is -0.827. The number of aromatic amines is 1. The van der Waals surface area contributed by atoms with Crippen LogP contribution in [-0.2, 0) is 0 Å². The van der Waals surface area contributed by atoms with Crippen LogP contribution in [0.5, 0.6) is 0 Å². The Morgan fingerprint density at radius 2 is 2.00 bits per heavy atom. The fourth-order valence-electron chi connectivity index (χ4n) is 2.25. The van der Waals surface area contributed by atoms with E-state index in [2.05, 4.69) is 10.1 Å². The molecular formula is C16H13N3O3. The molecule has 6 heteroatoms. The first-order valence-electron chi connectivity index (χ1n) is 6.64. The molecular weight excluding hydrogens is 282 g/mol. The van der Waals surface area contributed by atoms with Gasteiger partial charge in [-0.15, -0.1) is 0 Å². The van der Waals surface area contributed by atoms with Gasteiger partial charge in [-0.25, -0.2) is 14.5 Å². The quantitative estimate of drug-likeness (QED) is 0.775. The molecule has 3 rings (SSSR count). The zero-order chi connectivity index (χ0) is 15.7. The lowest BCUT2D eigenvalue weighted by atomic mass is 10.1. The van der Waals surface area contributed by atoms with Gasteiger partial charge >= 0.3 is 5.97 Å². The van der Waals surface area contributed by atoms with Crippen LogP contribution >= 0.6 is 0 Å². The van der Waals surface area contributed by atoms with Crippen molar-refractivity contribution in [1.82, 2.24) is 14.8 Å². The molecule has 0 fully saturated rings. The average molecular weight is 295 g/mol. The Bertz CT molecular complexity index is 909. The number of carboxylic acids is 1. The number of H-pyrrole nitrogens is 1. The van der Waals surface area contributed by atoms with Gasteiger partial charge in [0.15, 0.2) is 5.82 Å². The molecule has 0 saturated heterocycles. The summed E-state index contributed by atoms with van der Waals surface area (Å²) < 4.78 is 1.23. The van der Waals surface area contributed by atoms with Crippen LogP contribution in [0.1, 0.15) is 15.9 Å². The second-order valence-electron chi connectivity index (χ2n) is 4.87. The van der Waals surface area contributed by atoms with E-state index in [-0.39, 0.29) is 16.9 Å². The fraction of sp³-hybridized carbons (Fsp3) is 0.0625. The maximum atomic E-state index is 12.2. The number of benzene rings is 1. The molecule has 0 aliphatic rings.